The number of aliphatic carboxylic acids is 1. The van der Waals surface area contributed by atoms with E-state index in [9.17, 15) is 4.79 Å². The Bertz CT molecular complexity index is 339. The Kier molecular flexibility index (Phi) is 4.19. The molecule has 0 heterocycles. The SMILES string of the molecule is Cc1cc(I)ccc1NCCC(=O)O. The third-order valence-electron chi connectivity index (χ3n) is 1.84. The zero-order valence-corrected chi connectivity index (χ0v) is 10.0. The molecular weight excluding hydrogens is 293 g/mol. The first-order valence-electron chi connectivity index (χ1n) is 4.31. The second kappa shape index (κ2) is 5.19. The van der Waals surface area contributed by atoms with Crippen molar-refractivity contribution in [2.75, 3.05) is 11.9 Å². The summed E-state index contributed by atoms with van der Waals surface area (Å²) in [5.74, 6) is -0.777. The van der Waals surface area contributed by atoms with Gasteiger partial charge in [-0.3, -0.25) is 4.79 Å². The van der Waals surface area contributed by atoms with Crippen LogP contribution < -0.4 is 5.32 Å². The lowest BCUT2D eigenvalue weighted by molar-refractivity contribution is -0.136. The van der Waals surface area contributed by atoms with E-state index in [1.54, 1.807) is 0 Å². The molecule has 14 heavy (non-hydrogen) atoms. The number of aryl methyl sites for hydroxylation is 1. The smallest absolute Gasteiger partial charge is 0.305 e. The number of carboxylic acids is 1. The fourth-order valence-corrected chi connectivity index (χ4v) is 1.78. The van der Waals surface area contributed by atoms with Crippen LogP contribution in [0.2, 0.25) is 0 Å². The highest BCUT2D eigenvalue weighted by Gasteiger charge is 1.99. The van der Waals surface area contributed by atoms with Crippen LogP contribution in [0.3, 0.4) is 0 Å². The normalized spacial score (nSPS) is 9.86. The molecule has 1 aromatic rings. The number of carbonyl (C=O) groups is 1. The topological polar surface area (TPSA) is 49.3 Å². The number of halogens is 1. The highest BCUT2D eigenvalue weighted by atomic mass is 127. The molecule has 0 aromatic heterocycles. The zero-order chi connectivity index (χ0) is 10.6. The van der Waals surface area contributed by atoms with Crippen molar-refractivity contribution in [2.24, 2.45) is 0 Å². The van der Waals surface area contributed by atoms with Crippen LogP contribution in [0.1, 0.15) is 12.0 Å². The fourth-order valence-electron chi connectivity index (χ4n) is 1.13. The van der Waals surface area contributed by atoms with Gasteiger partial charge in [0.05, 0.1) is 6.42 Å². The summed E-state index contributed by atoms with van der Waals surface area (Å²) >= 11 is 2.25. The molecule has 1 aromatic carbocycles. The highest BCUT2D eigenvalue weighted by Crippen LogP contribution is 2.17. The van der Waals surface area contributed by atoms with Gasteiger partial charge in [-0.25, -0.2) is 0 Å². The number of hydrogen-bond acceptors (Lipinski definition) is 2. The minimum atomic E-state index is -0.777. The summed E-state index contributed by atoms with van der Waals surface area (Å²) < 4.78 is 1.18. The van der Waals surface area contributed by atoms with E-state index >= 15 is 0 Å². The predicted molar refractivity (Wildman–Crippen MR) is 64.6 cm³/mol. The first-order chi connectivity index (χ1) is 6.59. The van der Waals surface area contributed by atoms with E-state index < -0.39 is 5.97 Å². The number of anilines is 1. The van der Waals surface area contributed by atoms with Crippen molar-refractivity contribution in [3.8, 4) is 0 Å². The minimum Gasteiger partial charge on any atom is -0.481 e. The van der Waals surface area contributed by atoms with Crippen molar-refractivity contribution in [1.82, 2.24) is 0 Å². The van der Waals surface area contributed by atoms with Gasteiger partial charge in [0.2, 0.25) is 0 Å². The molecule has 0 atom stereocenters. The van der Waals surface area contributed by atoms with E-state index in [1.807, 2.05) is 19.1 Å². The van der Waals surface area contributed by atoms with Gasteiger partial charge >= 0.3 is 5.97 Å². The number of hydrogen-bond donors (Lipinski definition) is 2. The number of benzene rings is 1. The molecule has 0 spiro atoms. The third-order valence-corrected chi connectivity index (χ3v) is 2.51. The van der Waals surface area contributed by atoms with Crippen molar-refractivity contribution < 1.29 is 9.90 Å². The van der Waals surface area contributed by atoms with E-state index in [-0.39, 0.29) is 6.42 Å². The zero-order valence-electron chi connectivity index (χ0n) is 7.88. The van der Waals surface area contributed by atoms with Gasteiger partial charge in [0.25, 0.3) is 0 Å². The predicted octanol–water partition coefficient (Wildman–Crippen LogP) is 2.49. The van der Waals surface area contributed by atoms with Crippen LogP contribution in [0.25, 0.3) is 0 Å². The molecule has 0 aliphatic rings. The quantitative estimate of drug-likeness (QED) is 0.840. The molecule has 0 saturated heterocycles. The lowest BCUT2D eigenvalue weighted by atomic mass is 10.2. The Morgan fingerprint density at radius 3 is 2.86 bits per heavy atom. The molecule has 0 saturated carbocycles. The van der Waals surface area contributed by atoms with Crippen molar-refractivity contribution in [3.05, 3.63) is 27.3 Å². The van der Waals surface area contributed by atoms with Gasteiger partial charge in [0.1, 0.15) is 0 Å². The highest BCUT2D eigenvalue weighted by molar-refractivity contribution is 14.1. The maximum Gasteiger partial charge on any atom is 0.305 e. The molecule has 0 aliphatic heterocycles. The Hall–Kier alpha value is -0.780. The fraction of sp³-hybridized carbons (Fsp3) is 0.300. The van der Waals surface area contributed by atoms with Gasteiger partial charge in [0.15, 0.2) is 0 Å². The number of carboxylic acid groups (broad SMARTS) is 1. The Morgan fingerprint density at radius 1 is 1.57 bits per heavy atom. The lowest BCUT2D eigenvalue weighted by Gasteiger charge is -2.08. The molecule has 0 radical (unpaired) electrons. The van der Waals surface area contributed by atoms with Crippen LogP contribution >= 0.6 is 22.6 Å². The standard InChI is InChI=1S/C10H12INO2/c1-7-6-8(11)2-3-9(7)12-5-4-10(13)14/h2-3,6,12H,4-5H2,1H3,(H,13,14). The maximum atomic E-state index is 10.3. The summed E-state index contributed by atoms with van der Waals surface area (Å²) in [5.41, 5.74) is 2.15. The molecule has 0 amide bonds. The van der Waals surface area contributed by atoms with Crippen LogP contribution in [-0.2, 0) is 4.79 Å². The van der Waals surface area contributed by atoms with Gasteiger partial charge in [-0.05, 0) is 53.3 Å². The number of rotatable bonds is 4. The van der Waals surface area contributed by atoms with Crippen molar-refractivity contribution in [2.45, 2.75) is 13.3 Å². The molecule has 1 rings (SSSR count). The summed E-state index contributed by atoms with van der Waals surface area (Å²) in [6, 6.07) is 6.03. The average Bonchev–Trinajstić information content (AvgIpc) is 2.08. The maximum absolute atomic E-state index is 10.3. The van der Waals surface area contributed by atoms with E-state index in [2.05, 4.69) is 34.0 Å². The van der Waals surface area contributed by atoms with Crippen LogP contribution in [-0.4, -0.2) is 17.6 Å². The largest absolute Gasteiger partial charge is 0.481 e. The Morgan fingerprint density at radius 2 is 2.29 bits per heavy atom. The van der Waals surface area contributed by atoms with Crippen LogP contribution in [0.15, 0.2) is 18.2 Å². The van der Waals surface area contributed by atoms with E-state index in [4.69, 9.17) is 5.11 Å². The van der Waals surface area contributed by atoms with Crippen LogP contribution in [0, 0.1) is 10.5 Å². The second-order valence-electron chi connectivity index (χ2n) is 3.03. The second-order valence-corrected chi connectivity index (χ2v) is 4.28. The summed E-state index contributed by atoms with van der Waals surface area (Å²) in [5, 5.41) is 11.6. The summed E-state index contributed by atoms with van der Waals surface area (Å²) in [4.78, 5) is 10.3. The summed E-state index contributed by atoms with van der Waals surface area (Å²) in [7, 11) is 0. The summed E-state index contributed by atoms with van der Waals surface area (Å²) in [6.45, 7) is 2.47. The van der Waals surface area contributed by atoms with E-state index in [0.717, 1.165) is 11.3 Å². The molecule has 0 bridgehead atoms. The van der Waals surface area contributed by atoms with Crippen LogP contribution in [0.5, 0.6) is 0 Å². The Balaban J connectivity index is 2.55. The molecule has 0 unspecified atom stereocenters. The van der Waals surface area contributed by atoms with E-state index in [0.29, 0.717) is 6.54 Å². The van der Waals surface area contributed by atoms with Gasteiger partial charge < -0.3 is 10.4 Å². The van der Waals surface area contributed by atoms with Crippen LogP contribution in [0.4, 0.5) is 5.69 Å². The van der Waals surface area contributed by atoms with Crippen molar-refractivity contribution >= 4 is 34.2 Å². The van der Waals surface area contributed by atoms with Gasteiger partial charge in [-0.1, -0.05) is 0 Å². The van der Waals surface area contributed by atoms with Crippen molar-refractivity contribution in [1.29, 1.82) is 0 Å². The monoisotopic (exact) mass is 305 g/mol. The van der Waals surface area contributed by atoms with Gasteiger partial charge in [-0.2, -0.15) is 0 Å². The molecule has 3 nitrogen and oxygen atoms in total. The Labute approximate surface area is 96.7 Å². The molecule has 0 fully saturated rings. The third kappa shape index (κ3) is 3.53. The lowest BCUT2D eigenvalue weighted by Crippen LogP contribution is -2.08. The molecular formula is C10H12INO2. The van der Waals surface area contributed by atoms with E-state index in [1.165, 1.54) is 3.57 Å². The molecule has 2 N–H and O–H groups in total. The average molecular weight is 305 g/mol. The number of nitrogens with one attached hydrogen (secondary N) is 1. The minimum absolute atomic E-state index is 0.144. The first kappa shape index (κ1) is 11.3. The van der Waals surface area contributed by atoms with Gasteiger partial charge in [0, 0.05) is 15.8 Å². The molecule has 0 aliphatic carbocycles. The first-order valence-corrected chi connectivity index (χ1v) is 5.39. The molecule has 4 heteroatoms. The summed E-state index contributed by atoms with van der Waals surface area (Å²) in [6.07, 6.45) is 0.144. The van der Waals surface area contributed by atoms with Gasteiger partial charge in [-0.15, -0.1) is 0 Å². The molecule has 76 valence electrons. The van der Waals surface area contributed by atoms with Crippen molar-refractivity contribution in [3.63, 3.8) is 0 Å².